The molecule has 1 aromatic carbocycles. The maximum atomic E-state index is 12.6. The number of thiazole rings is 1. The number of rotatable bonds is 3. The molecule has 0 spiro atoms. The van der Waals surface area contributed by atoms with Crippen LogP contribution in [0.4, 0.5) is 10.8 Å². The maximum absolute atomic E-state index is 12.6. The molecule has 1 N–H and O–H groups in total. The van der Waals surface area contributed by atoms with Crippen LogP contribution in [-0.4, -0.2) is 60.6 Å². The summed E-state index contributed by atoms with van der Waals surface area (Å²) in [5.74, 6) is -0.161. The number of carbonyl (C=O) groups excluding carboxylic acids is 2. The second kappa shape index (κ2) is 7.20. The van der Waals surface area contributed by atoms with E-state index in [1.807, 2.05) is 18.2 Å². The molecule has 2 aromatic rings. The first-order valence-electron chi connectivity index (χ1n) is 8.93. The zero-order valence-electron chi connectivity index (χ0n) is 14.7. The lowest BCUT2D eigenvalue weighted by molar-refractivity contribution is -0.134. The van der Waals surface area contributed by atoms with E-state index in [4.69, 9.17) is 9.72 Å². The van der Waals surface area contributed by atoms with Crippen LogP contribution in [0.2, 0.25) is 0 Å². The molecule has 0 radical (unpaired) electrons. The van der Waals surface area contributed by atoms with Crippen molar-refractivity contribution in [3.8, 4) is 0 Å². The summed E-state index contributed by atoms with van der Waals surface area (Å²) in [7, 11) is 0. The Bertz CT molecular complexity index is 831. The maximum Gasteiger partial charge on any atom is 0.247 e. The Morgan fingerprint density at radius 1 is 1.27 bits per heavy atom. The standard InChI is InChI=1S/C18H22N4O3S/c1-12(23)22-6-2-3-15(22)17(24)19-13-4-5-14-16(11-13)26-18(20-14)21-7-9-25-10-8-21/h4-5,11,15H,2-3,6-10H2,1H3,(H,19,24)/t15-/m1/s1. The molecule has 1 aromatic heterocycles. The van der Waals surface area contributed by atoms with Crippen molar-refractivity contribution in [2.24, 2.45) is 0 Å². The van der Waals surface area contributed by atoms with E-state index in [1.165, 1.54) is 6.92 Å². The number of ether oxygens (including phenoxy) is 1. The minimum atomic E-state index is -0.367. The van der Waals surface area contributed by atoms with E-state index >= 15 is 0 Å². The van der Waals surface area contributed by atoms with Gasteiger partial charge in [0.1, 0.15) is 6.04 Å². The third kappa shape index (κ3) is 3.39. The largest absolute Gasteiger partial charge is 0.378 e. The van der Waals surface area contributed by atoms with Gasteiger partial charge in [-0.3, -0.25) is 9.59 Å². The molecule has 2 aliphatic heterocycles. The molecule has 2 fully saturated rings. The Morgan fingerprint density at radius 3 is 2.85 bits per heavy atom. The van der Waals surface area contributed by atoms with E-state index in [1.54, 1.807) is 16.2 Å². The molecule has 2 amide bonds. The van der Waals surface area contributed by atoms with Gasteiger partial charge < -0.3 is 19.9 Å². The summed E-state index contributed by atoms with van der Waals surface area (Å²) < 4.78 is 6.43. The fourth-order valence-corrected chi connectivity index (χ4v) is 4.58. The first-order chi connectivity index (χ1) is 12.6. The van der Waals surface area contributed by atoms with Crippen LogP contribution in [0.25, 0.3) is 10.2 Å². The summed E-state index contributed by atoms with van der Waals surface area (Å²) in [6, 6.07) is 5.40. The molecule has 0 unspecified atom stereocenters. The highest BCUT2D eigenvalue weighted by Gasteiger charge is 2.32. The second-order valence-electron chi connectivity index (χ2n) is 6.64. The van der Waals surface area contributed by atoms with E-state index < -0.39 is 0 Å². The monoisotopic (exact) mass is 374 g/mol. The van der Waals surface area contributed by atoms with Crippen molar-refractivity contribution in [1.82, 2.24) is 9.88 Å². The Hall–Kier alpha value is -2.19. The topological polar surface area (TPSA) is 74.8 Å². The summed E-state index contributed by atoms with van der Waals surface area (Å²) >= 11 is 1.63. The summed E-state index contributed by atoms with van der Waals surface area (Å²) in [5, 5.41) is 3.95. The van der Waals surface area contributed by atoms with Gasteiger partial charge in [-0.25, -0.2) is 4.98 Å². The van der Waals surface area contributed by atoms with Gasteiger partial charge in [0.2, 0.25) is 11.8 Å². The highest BCUT2D eigenvalue weighted by atomic mass is 32.1. The number of aromatic nitrogens is 1. The summed E-state index contributed by atoms with van der Waals surface area (Å²) in [6.07, 6.45) is 1.59. The van der Waals surface area contributed by atoms with Crippen molar-refractivity contribution in [3.63, 3.8) is 0 Å². The van der Waals surface area contributed by atoms with Crippen LogP contribution in [0.5, 0.6) is 0 Å². The van der Waals surface area contributed by atoms with Crippen LogP contribution < -0.4 is 10.2 Å². The number of benzene rings is 1. The van der Waals surface area contributed by atoms with E-state index in [9.17, 15) is 9.59 Å². The zero-order chi connectivity index (χ0) is 18.1. The van der Waals surface area contributed by atoms with Gasteiger partial charge in [-0.1, -0.05) is 11.3 Å². The van der Waals surface area contributed by atoms with Crippen molar-refractivity contribution in [3.05, 3.63) is 18.2 Å². The van der Waals surface area contributed by atoms with E-state index in [0.29, 0.717) is 6.54 Å². The normalized spacial score (nSPS) is 20.6. The number of carbonyl (C=O) groups is 2. The average molecular weight is 374 g/mol. The average Bonchev–Trinajstić information content (AvgIpc) is 3.29. The van der Waals surface area contributed by atoms with E-state index in [-0.39, 0.29) is 17.9 Å². The summed E-state index contributed by atoms with van der Waals surface area (Å²) in [4.78, 5) is 32.8. The molecule has 8 heteroatoms. The van der Waals surface area contributed by atoms with Crippen molar-refractivity contribution in [2.45, 2.75) is 25.8 Å². The second-order valence-corrected chi connectivity index (χ2v) is 7.65. The molecule has 4 rings (SSSR count). The van der Waals surface area contributed by atoms with Gasteiger partial charge in [0, 0.05) is 32.2 Å². The SMILES string of the molecule is CC(=O)N1CCC[C@@H]1C(=O)Nc1ccc2nc(N3CCOCC3)sc2c1. The molecular formula is C18H22N4O3S. The van der Waals surface area contributed by atoms with Crippen molar-refractivity contribution < 1.29 is 14.3 Å². The number of morpholine rings is 1. The van der Waals surface area contributed by atoms with Crippen LogP contribution in [0.1, 0.15) is 19.8 Å². The van der Waals surface area contributed by atoms with Gasteiger partial charge in [-0.15, -0.1) is 0 Å². The van der Waals surface area contributed by atoms with Crippen molar-refractivity contribution in [1.29, 1.82) is 0 Å². The van der Waals surface area contributed by atoms with Crippen LogP contribution >= 0.6 is 11.3 Å². The van der Waals surface area contributed by atoms with Crippen LogP contribution in [0, 0.1) is 0 Å². The van der Waals surface area contributed by atoms with E-state index in [2.05, 4.69) is 10.2 Å². The first kappa shape index (κ1) is 17.2. The molecule has 26 heavy (non-hydrogen) atoms. The Kier molecular flexibility index (Phi) is 4.78. The van der Waals surface area contributed by atoms with Crippen LogP contribution in [-0.2, 0) is 14.3 Å². The highest BCUT2D eigenvalue weighted by Crippen LogP contribution is 2.31. The summed E-state index contributed by atoms with van der Waals surface area (Å²) in [6.45, 7) is 5.33. The molecule has 0 aliphatic carbocycles. The van der Waals surface area contributed by atoms with Gasteiger partial charge in [-0.05, 0) is 31.0 Å². The molecule has 2 saturated heterocycles. The molecule has 0 saturated carbocycles. The molecule has 138 valence electrons. The third-order valence-corrected chi connectivity index (χ3v) is 5.97. The fraction of sp³-hybridized carbons (Fsp3) is 0.500. The van der Waals surface area contributed by atoms with Gasteiger partial charge in [0.25, 0.3) is 0 Å². The number of nitrogens with one attached hydrogen (secondary N) is 1. The number of hydrogen-bond acceptors (Lipinski definition) is 6. The third-order valence-electron chi connectivity index (χ3n) is 4.89. The molecule has 1 atom stereocenters. The number of amides is 2. The molecule has 2 aliphatic rings. The Labute approximate surface area is 155 Å². The number of hydrogen-bond donors (Lipinski definition) is 1. The van der Waals surface area contributed by atoms with Crippen LogP contribution in [0.15, 0.2) is 18.2 Å². The smallest absolute Gasteiger partial charge is 0.247 e. The van der Waals surface area contributed by atoms with Crippen LogP contribution in [0.3, 0.4) is 0 Å². The molecule has 3 heterocycles. The number of nitrogens with zero attached hydrogens (tertiary/aromatic N) is 3. The molecular weight excluding hydrogens is 352 g/mol. The lowest BCUT2D eigenvalue weighted by Crippen LogP contribution is -2.42. The quantitative estimate of drug-likeness (QED) is 0.890. The highest BCUT2D eigenvalue weighted by molar-refractivity contribution is 7.22. The predicted molar refractivity (Wildman–Crippen MR) is 102 cm³/mol. The minimum Gasteiger partial charge on any atom is -0.378 e. The summed E-state index contributed by atoms with van der Waals surface area (Å²) in [5.41, 5.74) is 1.68. The van der Waals surface area contributed by atoms with Gasteiger partial charge in [0.15, 0.2) is 5.13 Å². The Balaban J connectivity index is 1.50. The van der Waals surface area contributed by atoms with Crippen molar-refractivity contribution >= 4 is 44.2 Å². The lowest BCUT2D eigenvalue weighted by Gasteiger charge is -2.25. The molecule has 0 bridgehead atoms. The number of anilines is 2. The van der Waals surface area contributed by atoms with Gasteiger partial charge in [-0.2, -0.15) is 0 Å². The lowest BCUT2D eigenvalue weighted by atomic mass is 10.2. The minimum absolute atomic E-state index is 0.0456. The van der Waals surface area contributed by atoms with E-state index in [0.717, 1.165) is 60.2 Å². The van der Waals surface area contributed by atoms with Gasteiger partial charge in [0.05, 0.1) is 23.4 Å². The first-order valence-corrected chi connectivity index (χ1v) is 9.75. The number of fused-ring (bicyclic) bond motifs is 1. The zero-order valence-corrected chi connectivity index (χ0v) is 15.6. The molecule has 7 nitrogen and oxygen atoms in total. The van der Waals surface area contributed by atoms with Crippen molar-refractivity contribution in [2.75, 3.05) is 43.1 Å². The van der Waals surface area contributed by atoms with Gasteiger partial charge >= 0.3 is 0 Å². The number of likely N-dealkylation sites (tertiary alicyclic amines) is 1. The fourth-order valence-electron chi connectivity index (χ4n) is 3.52. The Morgan fingerprint density at radius 2 is 2.08 bits per heavy atom. The predicted octanol–water partition coefficient (Wildman–Crippen LogP) is 2.08.